The van der Waals surface area contributed by atoms with E-state index in [-0.39, 0.29) is 5.70 Å². The van der Waals surface area contributed by atoms with Crippen LogP contribution in [0.25, 0.3) is 0 Å². The molecule has 0 aliphatic heterocycles. The molecule has 1 atom stereocenters. The van der Waals surface area contributed by atoms with E-state index >= 15 is 0 Å². The zero-order valence-electron chi connectivity index (χ0n) is 12.7. The minimum atomic E-state index is -0.857. The summed E-state index contributed by atoms with van der Waals surface area (Å²) in [5, 5.41) is 4.73. The molecule has 0 saturated carbocycles. The van der Waals surface area contributed by atoms with Crippen LogP contribution in [-0.2, 0) is 19.1 Å². The fourth-order valence-electron chi connectivity index (χ4n) is 1.14. The van der Waals surface area contributed by atoms with Crippen molar-refractivity contribution in [1.82, 2.24) is 10.6 Å². The molecule has 0 aromatic heterocycles. The Bertz CT molecular complexity index is 409. The lowest BCUT2D eigenvalue weighted by Gasteiger charge is -2.21. The van der Waals surface area contributed by atoms with Crippen LogP contribution < -0.4 is 10.6 Å². The molecule has 7 nitrogen and oxygen atoms in total. The zero-order valence-corrected chi connectivity index (χ0v) is 12.7. The van der Waals surface area contributed by atoms with E-state index in [9.17, 15) is 14.4 Å². The van der Waals surface area contributed by atoms with Crippen molar-refractivity contribution in [3.05, 3.63) is 11.8 Å². The molecular formula is C13H22N2O5. The normalized spacial score (nSPS) is 13.2. The Labute approximate surface area is 118 Å². The summed E-state index contributed by atoms with van der Waals surface area (Å²) in [6.07, 6.45) is 0.699. The lowest BCUT2D eigenvalue weighted by Crippen LogP contribution is -2.46. The Kier molecular flexibility index (Phi) is 6.75. The van der Waals surface area contributed by atoms with Crippen molar-refractivity contribution < 1.29 is 23.9 Å². The standard InChI is InChI=1S/C13H22N2O5/c1-7-9(11(17)19-6)15-10(16)8(2)14-12(18)20-13(3,4)5/h7-8H,1-6H3,(H,14,18)(H,15,16)/b9-7-. The first-order valence-corrected chi connectivity index (χ1v) is 6.15. The molecule has 0 bridgehead atoms. The highest BCUT2D eigenvalue weighted by atomic mass is 16.6. The number of rotatable bonds is 4. The summed E-state index contributed by atoms with van der Waals surface area (Å²) in [6.45, 7) is 8.20. The number of alkyl carbamates (subject to hydrolysis) is 1. The number of carbonyl (C=O) groups is 3. The fraction of sp³-hybridized carbons (Fsp3) is 0.615. The van der Waals surface area contributed by atoms with Gasteiger partial charge in [0.05, 0.1) is 7.11 Å². The summed E-state index contributed by atoms with van der Waals surface area (Å²) < 4.78 is 9.52. The van der Waals surface area contributed by atoms with Crippen LogP contribution >= 0.6 is 0 Å². The highest BCUT2D eigenvalue weighted by molar-refractivity contribution is 5.95. The van der Waals surface area contributed by atoms with Gasteiger partial charge in [0.2, 0.25) is 5.91 Å². The molecule has 7 heteroatoms. The van der Waals surface area contributed by atoms with Gasteiger partial charge in [-0.25, -0.2) is 9.59 Å². The summed E-state index contributed by atoms with van der Waals surface area (Å²) >= 11 is 0. The Morgan fingerprint density at radius 1 is 1.20 bits per heavy atom. The van der Waals surface area contributed by atoms with Crippen molar-refractivity contribution >= 4 is 18.0 Å². The number of esters is 1. The third-order valence-corrected chi connectivity index (χ3v) is 2.08. The van der Waals surface area contributed by atoms with E-state index in [1.165, 1.54) is 20.1 Å². The average Bonchev–Trinajstić information content (AvgIpc) is 2.31. The topological polar surface area (TPSA) is 93.7 Å². The number of carbonyl (C=O) groups excluding carboxylic acids is 3. The first-order chi connectivity index (χ1) is 9.10. The maximum atomic E-state index is 11.8. The Morgan fingerprint density at radius 3 is 2.15 bits per heavy atom. The average molecular weight is 286 g/mol. The van der Waals surface area contributed by atoms with Crippen molar-refractivity contribution in [1.29, 1.82) is 0 Å². The maximum absolute atomic E-state index is 11.8. The summed E-state index contributed by atoms with van der Waals surface area (Å²) in [4.78, 5) is 34.6. The lowest BCUT2D eigenvalue weighted by molar-refractivity contribution is -0.138. The van der Waals surface area contributed by atoms with Crippen LogP contribution in [0.2, 0.25) is 0 Å². The molecule has 0 rings (SSSR count). The fourth-order valence-corrected chi connectivity index (χ4v) is 1.14. The summed E-state index contributed by atoms with van der Waals surface area (Å²) in [6, 6.07) is -0.857. The maximum Gasteiger partial charge on any atom is 0.408 e. The van der Waals surface area contributed by atoms with Gasteiger partial charge < -0.3 is 20.1 Å². The number of ether oxygens (including phenoxy) is 2. The van der Waals surface area contributed by atoms with Crippen molar-refractivity contribution in [2.45, 2.75) is 46.3 Å². The molecule has 0 fully saturated rings. The molecule has 2 N–H and O–H groups in total. The number of hydrogen-bond acceptors (Lipinski definition) is 5. The molecule has 0 radical (unpaired) electrons. The van der Waals surface area contributed by atoms with Crippen molar-refractivity contribution in [2.75, 3.05) is 7.11 Å². The largest absolute Gasteiger partial charge is 0.464 e. The molecule has 20 heavy (non-hydrogen) atoms. The second-order valence-corrected chi connectivity index (χ2v) is 5.05. The third kappa shape index (κ3) is 6.77. The highest BCUT2D eigenvalue weighted by Gasteiger charge is 2.22. The number of methoxy groups -OCH3 is 1. The summed E-state index contributed by atoms with van der Waals surface area (Å²) in [5.74, 6) is -1.21. The van der Waals surface area contributed by atoms with Gasteiger partial charge in [0, 0.05) is 0 Å². The number of allylic oxidation sites excluding steroid dienone is 1. The van der Waals surface area contributed by atoms with Crippen LogP contribution in [0.4, 0.5) is 4.79 Å². The van der Waals surface area contributed by atoms with E-state index in [0.29, 0.717) is 0 Å². The van der Waals surface area contributed by atoms with Gasteiger partial charge in [-0.2, -0.15) is 0 Å². The Hall–Kier alpha value is -2.05. The molecule has 2 amide bonds. The van der Waals surface area contributed by atoms with Crippen LogP contribution in [0.1, 0.15) is 34.6 Å². The molecule has 0 aromatic carbocycles. The van der Waals surface area contributed by atoms with Crippen LogP contribution in [-0.4, -0.2) is 36.7 Å². The summed E-state index contributed by atoms with van der Waals surface area (Å²) in [7, 11) is 1.21. The first kappa shape index (κ1) is 17.9. The van der Waals surface area contributed by atoms with E-state index in [0.717, 1.165) is 0 Å². The number of hydrogen-bond donors (Lipinski definition) is 2. The molecule has 0 aliphatic rings. The lowest BCUT2D eigenvalue weighted by atomic mass is 10.2. The van der Waals surface area contributed by atoms with Crippen LogP contribution in [0.15, 0.2) is 11.8 Å². The zero-order chi connectivity index (χ0) is 15.9. The van der Waals surface area contributed by atoms with Crippen molar-refractivity contribution in [3.8, 4) is 0 Å². The predicted octanol–water partition coefficient (Wildman–Crippen LogP) is 1.09. The Balaban J connectivity index is 4.49. The van der Waals surface area contributed by atoms with Gasteiger partial charge in [0.15, 0.2) is 0 Å². The quantitative estimate of drug-likeness (QED) is 0.596. The van der Waals surface area contributed by atoms with E-state index < -0.39 is 29.6 Å². The smallest absolute Gasteiger partial charge is 0.408 e. The second-order valence-electron chi connectivity index (χ2n) is 5.05. The van der Waals surface area contributed by atoms with Gasteiger partial charge >= 0.3 is 12.1 Å². The van der Waals surface area contributed by atoms with Gasteiger partial charge in [-0.05, 0) is 34.6 Å². The van der Waals surface area contributed by atoms with Crippen molar-refractivity contribution in [2.24, 2.45) is 0 Å². The van der Waals surface area contributed by atoms with E-state index in [1.807, 2.05) is 0 Å². The van der Waals surface area contributed by atoms with Crippen LogP contribution in [0, 0.1) is 0 Å². The minimum absolute atomic E-state index is 0.00957. The molecule has 0 spiro atoms. The minimum Gasteiger partial charge on any atom is -0.464 e. The molecule has 0 saturated heterocycles. The van der Waals surface area contributed by atoms with Crippen molar-refractivity contribution in [3.63, 3.8) is 0 Å². The molecule has 1 unspecified atom stereocenters. The first-order valence-electron chi connectivity index (χ1n) is 6.15. The molecule has 0 heterocycles. The van der Waals surface area contributed by atoms with Gasteiger partial charge in [-0.15, -0.1) is 0 Å². The van der Waals surface area contributed by atoms with Gasteiger partial charge in [-0.1, -0.05) is 6.08 Å². The number of amides is 2. The van der Waals surface area contributed by atoms with E-state index in [2.05, 4.69) is 15.4 Å². The third-order valence-electron chi connectivity index (χ3n) is 2.08. The van der Waals surface area contributed by atoms with Gasteiger partial charge in [0.1, 0.15) is 17.3 Å². The Morgan fingerprint density at radius 2 is 1.75 bits per heavy atom. The molecule has 0 aliphatic carbocycles. The SMILES string of the molecule is C/C=C(\NC(=O)C(C)NC(=O)OC(C)(C)C)C(=O)OC. The van der Waals surface area contributed by atoms with Gasteiger partial charge in [-0.3, -0.25) is 4.79 Å². The van der Waals surface area contributed by atoms with Crippen LogP contribution in [0.3, 0.4) is 0 Å². The number of nitrogens with one attached hydrogen (secondary N) is 2. The van der Waals surface area contributed by atoms with Crippen LogP contribution in [0.5, 0.6) is 0 Å². The molecule has 114 valence electrons. The molecule has 0 aromatic rings. The predicted molar refractivity (Wildman–Crippen MR) is 72.7 cm³/mol. The highest BCUT2D eigenvalue weighted by Crippen LogP contribution is 2.06. The second kappa shape index (κ2) is 7.52. The van der Waals surface area contributed by atoms with Gasteiger partial charge in [0.25, 0.3) is 0 Å². The monoisotopic (exact) mass is 286 g/mol. The van der Waals surface area contributed by atoms with E-state index in [4.69, 9.17) is 4.74 Å². The van der Waals surface area contributed by atoms with E-state index in [1.54, 1.807) is 27.7 Å². The summed E-state index contributed by atoms with van der Waals surface area (Å²) in [5.41, 5.74) is -0.642. The molecular weight excluding hydrogens is 264 g/mol.